The fourth-order valence-corrected chi connectivity index (χ4v) is 3.32. The Hall–Kier alpha value is -0.860. The van der Waals surface area contributed by atoms with Gasteiger partial charge in [0.15, 0.2) is 0 Å². The monoisotopic (exact) mass is 279 g/mol. The molecule has 1 aliphatic carbocycles. The molecule has 0 saturated heterocycles. The van der Waals surface area contributed by atoms with Crippen molar-refractivity contribution in [2.24, 2.45) is 5.41 Å². The molecule has 0 heterocycles. The Balaban J connectivity index is 1.96. The summed E-state index contributed by atoms with van der Waals surface area (Å²) in [5.74, 6) is 0. The molecule has 2 nitrogen and oxygen atoms in total. The molecular weight excluding hydrogens is 258 g/mol. The Morgan fingerprint density at radius 3 is 2.68 bits per heavy atom. The van der Waals surface area contributed by atoms with E-state index in [1.807, 2.05) is 18.2 Å². The van der Waals surface area contributed by atoms with Crippen LogP contribution < -0.4 is 0 Å². The van der Waals surface area contributed by atoms with Crippen LogP contribution in [-0.4, -0.2) is 24.8 Å². The van der Waals surface area contributed by atoms with Gasteiger partial charge >= 0.3 is 0 Å². The van der Waals surface area contributed by atoms with E-state index in [4.69, 9.17) is 11.6 Å². The molecule has 0 unspecified atom stereocenters. The van der Waals surface area contributed by atoms with Crippen molar-refractivity contribution in [1.29, 1.82) is 0 Å². The Morgan fingerprint density at radius 2 is 2.05 bits per heavy atom. The van der Waals surface area contributed by atoms with E-state index in [1.165, 1.54) is 31.1 Å². The Labute approximate surface area is 120 Å². The van der Waals surface area contributed by atoms with Crippen LogP contribution in [-0.2, 0) is 11.3 Å². The summed E-state index contributed by atoms with van der Waals surface area (Å²) in [7, 11) is 2.08. The average molecular weight is 280 g/mol. The molecule has 1 aromatic rings. The van der Waals surface area contributed by atoms with Crippen molar-refractivity contribution in [2.45, 2.75) is 38.6 Å². The van der Waals surface area contributed by atoms with Crippen molar-refractivity contribution in [3.8, 4) is 0 Å². The molecule has 0 N–H and O–H groups in total. The first-order valence-corrected chi connectivity index (χ1v) is 7.41. The number of hydrogen-bond donors (Lipinski definition) is 0. The third kappa shape index (κ3) is 4.05. The van der Waals surface area contributed by atoms with E-state index in [0.29, 0.717) is 0 Å². The van der Waals surface area contributed by atoms with Gasteiger partial charge in [0.05, 0.1) is 0 Å². The first kappa shape index (κ1) is 14.5. The maximum Gasteiger partial charge on any atom is 0.127 e. The minimum absolute atomic E-state index is 0.119. The number of carbonyl (C=O) groups excluding carboxylic acids is 1. The molecule has 0 bridgehead atoms. The second-order valence-electron chi connectivity index (χ2n) is 5.84. The zero-order chi connectivity index (χ0) is 13.7. The summed E-state index contributed by atoms with van der Waals surface area (Å²) in [6, 6.07) is 7.93. The van der Waals surface area contributed by atoms with Crippen LogP contribution in [0.1, 0.15) is 37.7 Å². The van der Waals surface area contributed by atoms with Crippen LogP contribution in [0.25, 0.3) is 0 Å². The number of halogens is 1. The van der Waals surface area contributed by atoms with Gasteiger partial charge in [-0.25, -0.2) is 0 Å². The largest absolute Gasteiger partial charge is 0.303 e. The SMILES string of the molecule is CN(Cc1cccc(Cl)c1)CC1(C=O)CCCCC1. The van der Waals surface area contributed by atoms with Gasteiger partial charge in [-0.2, -0.15) is 0 Å². The Kier molecular flexibility index (Phi) is 5.00. The zero-order valence-corrected chi connectivity index (χ0v) is 12.3. The fraction of sp³-hybridized carbons (Fsp3) is 0.562. The summed E-state index contributed by atoms with van der Waals surface area (Å²) < 4.78 is 0. The van der Waals surface area contributed by atoms with Crippen LogP contribution in [0.2, 0.25) is 5.02 Å². The van der Waals surface area contributed by atoms with Crippen LogP contribution in [0.3, 0.4) is 0 Å². The van der Waals surface area contributed by atoms with Gasteiger partial charge in [-0.05, 0) is 37.6 Å². The van der Waals surface area contributed by atoms with Gasteiger partial charge in [0.2, 0.25) is 0 Å². The first-order valence-electron chi connectivity index (χ1n) is 7.03. The smallest absolute Gasteiger partial charge is 0.127 e. The highest BCUT2D eigenvalue weighted by Crippen LogP contribution is 2.35. The zero-order valence-electron chi connectivity index (χ0n) is 11.6. The highest BCUT2D eigenvalue weighted by Gasteiger charge is 2.32. The fourth-order valence-electron chi connectivity index (χ4n) is 3.11. The van der Waals surface area contributed by atoms with Gasteiger partial charge in [-0.15, -0.1) is 0 Å². The van der Waals surface area contributed by atoms with Crippen LogP contribution in [0.15, 0.2) is 24.3 Å². The molecule has 2 rings (SSSR count). The topological polar surface area (TPSA) is 20.3 Å². The van der Waals surface area contributed by atoms with Gasteiger partial charge < -0.3 is 9.69 Å². The molecule has 0 aromatic heterocycles. The quantitative estimate of drug-likeness (QED) is 0.762. The molecule has 0 atom stereocenters. The van der Waals surface area contributed by atoms with E-state index in [-0.39, 0.29) is 5.41 Å². The summed E-state index contributed by atoms with van der Waals surface area (Å²) in [4.78, 5) is 13.7. The summed E-state index contributed by atoms with van der Waals surface area (Å²) >= 11 is 6.00. The van der Waals surface area contributed by atoms with Crippen LogP contribution >= 0.6 is 11.6 Å². The minimum atomic E-state index is -0.119. The van der Waals surface area contributed by atoms with Crippen molar-refractivity contribution in [2.75, 3.05) is 13.6 Å². The van der Waals surface area contributed by atoms with Crippen LogP contribution in [0.5, 0.6) is 0 Å². The molecule has 0 aliphatic heterocycles. The van der Waals surface area contributed by atoms with E-state index in [9.17, 15) is 4.79 Å². The second kappa shape index (κ2) is 6.53. The van der Waals surface area contributed by atoms with Crippen molar-refractivity contribution in [3.05, 3.63) is 34.9 Å². The van der Waals surface area contributed by atoms with E-state index >= 15 is 0 Å². The summed E-state index contributed by atoms with van der Waals surface area (Å²) in [6.07, 6.45) is 6.91. The number of benzene rings is 1. The lowest BCUT2D eigenvalue weighted by Crippen LogP contribution is -2.38. The molecule has 1 saturated carbocycles. The van der Waals surface area contributed by atoms with Crippen LogP contribution in [0, 0.1) is 5.41 Å². The molecule has 104 valence electrons. The van der Waals surface area contributed by atoms with Gasteiger partial charge in [0.1, 0.15) is 6.29 Å². The van der Waals surface area contributed by atoms with Gasteiger partial charge in [0, 0.05) is 23.5 Å². The summed E-state index contributed by atoms with van der Waals surface area (Å²) in [5, 5.41) is 0.772. The number of rotatable bonds is 5. The van der Waals surface area contributed by atoms with Crippen molar-refractivity contribution in [3.63, 3.8) is 0 Å². The van der Waals surface area contributed by atoms with E-state index in [2.05, 4.69) is 18.0 Å². The normalized spacial score (nSPS) is 18.5. The summed E-state index contributed by atoms with van der Waals surface area (Å²) in [5.41, 5.74) is 1.08. The first-order chi connectivity index (χ1) is 9.13. The third-order valence-corrected chi connectivity index (χ3v) is 4.26. The van der Waals surface area contributed by atoms with Crippen molar-refractivity contribution in [1.82, 2.24) is 4.90 Å². The Morgan fingerprint density at radius 1 is 1.32 bits per heavy atom. The molecule has 3 heteroatoms. The number of nitrogens with zero attached hydrogens (tertiary/aromatic N) is 1. The van der Waals surface area contributed by atoms with Crippen molar-refractivity contribution >= 4 is 17.9 Å². The standard InChI is InChI=1S/C16H22ClNO/c1-18(11-14-6-5-7-15(17)10-14)12-16(13-19)8-3-2-4-9-16/h5-7,10,13H,2-4,8-9,11-12H2,1H3. The predicted molar refractivity (Wildman–Crippen MR) is 79.4 cm³/mol. The maximum atomic E-state index is 11.5. The molecule has 1 fully saturated rings. The Bertz CT molecular complexity index is 427. The molecule has 0 spiro atoms. The predicted octanol–water partition coefficient (Wildman–Crippen LogP) is 3.92. The molecule has 1 aliphatic rings. The van der Waals surface area contributed by atoms with E-state index in [1.54, 1.807) is 0 Å². The molecular formula is C16H22ClNO. The molecule has 0 amide bonds. The van der Waals surface area contributed by atoms with E-state index in [0.717, 1.165) is 31.0 Å². The number of hydrogen-bond acceptors (Lipinski definition) is 2. The van der Waals surface area contributed by atoms with Gasteiger partial charge in [-0.3, -0.25) is 0 Å². The van der Waals surface area contributed by atoms with Crippen molar-refractivity contribution < 1.29 is 4.79 Å². The maximum absolute atomic E-state index is 11.5. The number of aldehydes is 1. The lowest BCUT2D eigenvalue weighted by Gasteiger charge is -2.35. The van der Waals surface area contributed by atoms with Crippen LogP contribution in [0.4, 0.5) is 0 Å². The second-order valence-corrected chi connectivity index (χ2v) is 6.28. The molecule has 19 heavy (non-hydrogen) atoms. The summed E-state index contributed by atoms with van der Waals surface area (Å²) in [6.45, 7) is 1.69. The van der Waals surface area contributed by atoms with Gasteiger partial charge in [0.25, 0.3) is 0 Å². The highest BCUT2D eigenvalue weighted by molar-refractivity contribution is 6.30. The number of carbonyl (C=O) groups is 1. The minimum Gasteiger partial charge on any atom is -0.303 e. The third-order valence-electron chi connectivity index (χ3n) is 4.03. The van der Waals surface area contributed by atoms with E-state index < -0.39 is 0 Å². The highest BCUT2D eigenvalue weighted by atomic mass is 35.5. The lowest BCUT2D eigenvalue weighted by atomic mass is 9.75. The average Bonchev–Trinajstić information content (AvgIpc) is 2.39. The van der Waals surface area contributed by atoms with Gasteiger partial charge in [-0.1, -0.05) is 43.0 Å². The molecule has 0 radical (unpaired) electrons. The molecule has 1 aromatic carbocycles. The lowest BCUT2D eigenvalue weighted by molar-refractivity contribution is -0.119.